The van der Waals surface area contributed by atoms with Gasteiger partial charge in [0.15, 0.2) is 0 Å². The molecule has 0 aromatic carbocycles. The highest BCUT2D eigenvalue weighted by Crippen LogP contribution is 2.35. The van der Waals surface area contributed by atoms with E-state index in [-0.39, 0.29) is 12.0 Å². The Morgan fingerprint density at radius 1 is 1.16 bits per heavy atom. The molecular weight excluding hydrogens is 240 g/mol. The lowest BCUT2D eigenvalue weighted by molar-refractivity contribution is -0.181. The van der Waals surface area contributed by atoms with Crippen LogP contribution in [0.3, 0.4) is 0 Å². The van der Waals surface area contributed by atoms with Crippen LogP contribution < -0.4 is 0 Å². The molecule has 0 aromatic rings. The number of fused-ring (bicyclic) bond motifs is 2. The lowest BCUT2D eigenvalue weighted by Crippen LogP contribution is -2.73. The van der Waals surface area contributed by atoms with Gasteiger partial charge in [0.1, 0.15) is 5.60 Å². The number of nitrogens with zero attached hydrogens (tertiary/aromatic N) is 2. The van der Waals surface area contributed by atoms with Crippen LogP contribution in [0.2, 0.25) is 0 Å². The first kappa shape index (κ1) is 14.8. The van der Waals surface area contributed by atoms with E-state index in [1.807, 2.05) is 27.7 Å². The SMILES string of the molecule is CC(C)OC(C)(C)C(=O)N1C2CC1CN(C(C)C)C2. The summed E-state index contributed by atoms with van der Waals surface area (Å²) in [5, 5.41) is 0. The molecule has 4 nitrogen and oxygen atoms in total. The van der Waals surface area contributed by atoms with Crippen LogP contribution in [0.15, 0.2) is 0 Å². The van der Waals surface area contributed by atoms with Gasteiger partial charge in [-0.3, -0.25) is 9.69 Å². The molecule has 0 spiro atoms. The number of rotatable bonds is 4. The van der Waals surface area contributed by atoms with Crippen LogP contribution in [-0.2, 0) is 9.53 Å². The number of carbonyl (C=O) groups excluding carboxylic acids is 1. The van der Waals surface area contributed by atoms with Crippen LogP contribution in [0.5, 0.6) is 0 Å². The van der Waals surface area contributed by atoms with Gasteiger partial charge >= 0.3 is 0 Å². The van der Waals surface area contributed by atoms with Crippen LogP contribution in [0.25, 0.3) is 0 Å². The number of piperidine rings is 1. The summed E-state index contributed by atoms with van der Waals surface area (Å²) >= 11 is 0. The summed E-state index contributed by atoms with van der Waals surface area (Å²) in [4.78, 5) is 17.2. The molecule has 2 bridgehead atoms. The first-order chi connectivity index (χ1) is 8.72. The van der Waals surface area contributed by atoms with E-state index < -0.39 is 5.60 Å². The number of amides is 1. The Hall–Kier alpha value is -0.610. The van der Waals surface area contributed by atoms with Crippen LogP contribution in [-0.4, -0.2) is 58.6 Å². The van der Waals surface area contributed by atoms with Gasteiger partial charge < -0.3 is 9.64 Å². The van der Waals surface area contributed by atoms with Gasteiger partial charge in [0.05, 0.1) is 6.10 Å². The molecular formula is C15H28N2O2. The maximum absolute atomic E-state index is 12.7. The third-order valence-corrected chi connectivity index (χ3v) is 4.23. The second kappa shape index (κ2) is 5.06. The minimum atomic E-state index is -0.703. The molecule has 3 saturated heterocycles. The van der Waals surface area contributed by atoms with Crippen molar-refractivity contribution in [1.82, 2.24) is 9.80 Å². The first-order valence-corrected chi connectivity index (χ1v) is 7.47. The van der Waals surface area contributed by atoms with Crippen molar-refractivity contribution in [3.8, 4) is 0 Å². The molecule has 2 atom stereocenters. The quantitative estimate of drug-likeness (QED) is 0.780. The van der Waals surface area contributed by atoms with E-state index >= 15 is 0 Å². The molecule has 3 fully saturated rings. The fraction of sp³-hybridized carbons (Fsp3) is 0.933. The number of hydrogen-bond acceptors (Lipinski definition) is 3. The lowest BCUT2D eigenvalue weighted by Gasteiger charge is -2.58. The molecule has 0 aliphatic carbocycles. The minimum absolute atomic E-state index is 0.0761. The molecule has 3 aliphatic heterocycles. The molecule has 19 heavy (non-hydrogen) atoms. The van der Waals surface area contributed by atoms with Crippen molar-refractivity contribution in [3.63, 3.8) is 0 Å². The summed E-state index contributed by atoms with van der Waals surface area (Å²) in [7, 11) is 0. The summed E-state index contributed by atoms with van der Waals surface area (Å²) < 4.78 is 5.79. The maximum Gasteiger partial charge on any atom is 0.254 e. The fourth-order valence-corrected chi connectivity index (χ4v) is 3.35. The van der Waals surface area contributed by atoms with Crippen LogP contribution in [0, 0.1) is 0 Å². The van der Waals surface area contributed by atoms with Crippen molar-refractivity contribution < 1.29 is 9.53 Å². The second-order valence-corrected chi connectivity index (χ2v) is 6.98. The lowest BCUT2D eigenvalue weighted by atomic mass is 9.85. The largest absolute Gasteiger partial charge is 0.363 e. The standard InChI is InChI=1S/C15H28N2O2/c1-10(2)16-8-12-7-13(9-16)17(12)14(18)15(5,6)19-11(3)4/h10-13H,7-9H2,1-6H3. The highest BCUT2D eigenvalue weighted by Gasteiger charge is 2.51. The Bertz CT molecular complexity index is 340. The van der Waals surface area contributed by atoms with Gasteiger partial charge in [0.25, 0.3) is 5.91 Å². The molecule has 0 aromatic heterocycles. The number of hydrogen-bond donors (Lipinski definition) is 0. The van der Waals surface area contributed by atoms with E-state index in [9.17, 15) is 4.79 Å². The summed E-state index contributed by atoms with van der Waals surface area (Å²) in [6.45, 7) is 14.2. The van der Waals surface area contributed by atoms with Crippen molar-refractivity contribution in [3.05, 3.63) is 0 Å². The average Bonchev–Trinajstić information content (AvgIpc) is 2.27. The molecule has 0 radical (unpaired) electrons. The molecule has 0 N–H and O–H groups in total. The summed E-state index contributed by atoms with van der Waals surface area (Å²) in [5.41, 5.74) is -0.703. The molecule has 0 saturated carbocycles. The summed E-state index contributed by atoms with van der Waals surface area (Å²) in [5.74, 6) is 0.158. The number of carbonyl (C=O) groups is 1. The summed E-state index contributed by atoms with van der Waals surface area (Å²) in [6, 6.07) is 1.36. The number of piperazine rings is 1. The topological polar surface area (TPSA) is 32.8 Å². The predicted molar refractivity (Wildman–Crippen MR) is 76.0 cm³/mol. The van der Waals surface area contributed by atoms with E-state index in [1.165, 1.54) is 0 Å². The normalized spacial score (nSPS) is 27.9. The van der Waals surface area contributed by atoms with Gasteiger partial charge in [0, 0.05) is 31.2 Å². The van der Waals surface area contributed by atoms with E-state index in [2.05, 4.69) is 23.6 Å². The Balaban J connectivity index is 2.00. The van der Waals surface area contributed by atoms with Gasteiger partial charge in [-0.05, 0) is 48.0 Å². The Labute approximate surface area is 117 Å². The highest BCUT2D eigenvalue weighted by atomic mass is 16.5. The highest BCUT2D eigenvalue weighted by molar-refractivity contribution is 5.86. The molecule has 110 valence electrons. The third kappa shape index (κ3) is 2.79. The van der Waals surface area contributed by atoms with Gasteiger partial charge in [-0.15, -0.1) is 0 Å². The van der Waals surface area contributed by atoms with Gasteiger partial charge in [-0.1, -0.05) is 0 Å². The third-order valence-electron chi connectivity index (χ3n) is 4.23. The van der Waals surface area contributed by atoms with E-state index in [0.717, 1.165) is 19.5 Å². The van der Waals surface area contributed by atoms with Crippen molar-refractivity contribution in [2.45, 2.75) is 77.8 Å². The predicted octanol–water partition coefficient (Wildman–Crippen LogP) is 1.88. The minimum Gasteiger partial charge on any atom is -0.363 e. The zero-order valence-electron chi connectivity index (χ0n) is 13.1. The Morgan fingerprint density at radius 3 is 2.11 bits per heavy atom. The molecule has 3 rings (SSSR count). The molecule has 4 heteroatoms. The van der Waals surface area contributed by atoms with Crippen molar-refractivity contribution in [2.24, 2.45) is 0 Å². The second-order valence-electron chi connectivity index (χ2n) is 6.98. The van der Waals surface area contributed by atoms with Crippen LogP contribution >= 0.6 is 0 Å². The average molecular weight is 268 g/mol. The molecule has 3 aliphatic rings. The first-order valence-electron chi connectivity index (χ1n) is 7.47. The van der Waals surface area contributed by atoms with Crippen molar-refractivity contribution >= 4 is 5.91 Å². The number of ether oxygens (including phenoxy) is 1. The molecule has 1 amide bonds. The van der Waals surface area contributed by atoms with Crippen molar-refractivity contribution in [1.29, 1.82) is 0 Å². The van der Waals surface area contributed by atoms with Crippen LogP contribution in [0.4, 0.5) is 0 Å². The zero-order valence-corrected chi connectivity index (χ0v) is 13.1. The summed E-state index contributed by atoms with van der Waals surface area (Å²) in [6.07, 6.45) is 1.24. The molecule has 3 heterocycles. The van der Waals surface area contributed by atoms with E-state index in [1.54, 1.807) is 0 Å². The van der Waals surface area contributed by atoms with Crippen molar-refractivity contribution in [2.75, 3.05) is 13.1 Å². The Kier molecular flexibility index (Phi) is 3.94. The van der Waals surface area contributed by atoms with Gasteiger partial charge in [-0.2, -0.15) is 0 Å². The van der Waals surface area contributed by atoms with E-state index in [0.29, 0.717) is 18.1 Å². The smallest absolute Gasteiger partial charge is 0.254 e. The zero-order chi connectivity index (χ0) is 14.4. The molecule has 2 unspecified atom stereocenters. The van der Waals surface area contributed by atoms with E-state index in [4.69, 9.17) is 4.74 Å². The van der Waals surface area contributed by atoms with Gasteiger partial charge in [-0.25, -0.2) is 0 Å². The van der Waals surface area contributed by atoms with Crippen LogP contribution in [0.1, 0.15) is 48.0 Å². The monoisotopic (exact) mass is 268 g/mol. The van der Waals surface area contributed by atoms with Gasteiger partial charge in [0.2, 0.25) is 0 Å². The Morgan fingerprint density at radius 2 is 1.68 bits per heavy atom. The maximum atomic E-state index is 12.7. The fourth-order valence-electron chi connectivity index (χ4n) is 3.35.